The first-order valence-corrected chi connectivity index (χ1v) is 11.0. The van der Waals surface area contributed by atoms with Crippen molar-refractivity contribution in [3.63, 3.8) is 0 Å². The summed E-state index contributed by atoms with van der Waals surface area (Å²) in [6, 6.07) is 17.8. The van der Waals surface area contributed by atoms with Crippen LogP contribution in [0.25, 0.3) is 22.2 Å². The predicted octanol–water partition coefficient (Wildman–Crippen LogP) is 4.19. The fourth-order valence-corrected chi connectivity index (χ4v) is 3.85. The van der Waals surface area contributed by atoms with Crippen LogP contribution in [0, 0.1) is 0 Å². The molecule has 0 bridgehead atoms. The first-order chi connectivity index (χ1) is 16.5. The van der Waals surface area contributed by atoms with Crippen molar-refractivity contribution in [3.8, 4) is 11.5 Å². The van der Waals surface area contributed by atoms with Crippen molar-refractivity contribution in [2.75, 3.05) is 25.3 Å². The molecule has 0 saturated carbocycles. The van der Waals surface area contributed by atoms with Gasteiger partial charge in [0.25, 0.3) is 5.22 Å². The number of carbonyl (C=O) groups is 3. The van der Waals surface area contributed by atoms with Crippen LogP contribution in [0.4, 0.5) is 5.69 Å². The summed E-state index contributed by atoms with van der Waals surface area (Å²) in [5.74, 6) is -1.43. The van der Waals surface area contributed by atoms with Gasteiger partial charge in [0, 0.05) is 5.56 Å². The van der Waals surface area contributed by atoms with Gasteiger partial charge in [-0.15, -0.1) is 10.2 Å². The largest absolute Gasteiger partial charge is 0.465 e. The zero-order valence-corrected chi connectivity index (χ0v) is 19.0. The number of carbonyl (C=O) groups excluding carboxylic acids is 3. The normalized spacial score (nSPS) is 10.6. The van der Waals surface area contributed by atoms with Crippen molar-refractivity contribution in [3.05, 3.63) is 71.8 Å². The lowest BCUT2D eigenvalue weighted by Crippen LogP contribution is -2.18. The second kappa shape index (κ2) is 10.2. The molecule has 3 aromatic carbocycles. The van der Waals surface area contributed by atoms with Gasteiger partial charge in [0.15, 0.2) is 0 Å². The third-order valence-corrected chi connectivity index (χ3v) is 5.69. The molecular weight excluding hydrogens is 458 g/mol. The lowest BCUT2D eigenvalue weighted by atomic mass is 10.0. The molecule has 0 aliphatic rings. The molecule has 0 aliphatic carbocycles. The second-order valence-corrected chi connectivity index (χ2v) is 7.91. The molecule has 4 aromatic rings. The van der Waals surface area contributed by atoms with E-state index >= 15 is 0 Å². The fraction of sp³-hybridized carbons (Fsp3) is 0.125. The minimum Gasteiger partial charge on any atom is -0.465 e. The van der Waals surface area contributed by atoms with Crippen LogP contribution in [0.3, 0.4) is 0 Å². The Labute approximate surface area is 198 Å². The molecule has 0 saturated heterocycles. The summed E-state index contributed by atoms with van der Waals surface area (Å²) in [7, 11) is 2.46. The number of hydrogen-bond donors (Lipinski definition) is 1. The molecule has 0 atom stereocenters. The monoisotopic (exact) mass is 477 g/mol. The number of nitrogens with zero attached hydrogens (tertiary/aromatic N) is 2. The molecule has 1 heterocycles. The van der Waals surface area contributed by atoms with Gasteiger partial charge >= 0.3 is 11.9 Å². The van der Waals surface area contributed by atoms with Gasteiger partial charge in [-0.05, 0) is 35.0 Å². The fourth-order valence-electron chi connectivity index (χ4n) is 3.28. The lowest BCUT2D eigenvalue weighted by Gasteiger charge is -2.11. The molecule has 0 fully saturated rings. The van der Waals surface area contributed by atoms with Crippen molar-refractivity contribution in [1.82, 2.24) is 10.2 Å². The third-order valence-electron chi connectivity index (χ3n) is 4.87. The summed E-state index contributed by atoms with van der Waals surface area (Å²) < 4.78 is 15.2. The van der Waals surface area contributed by atoms with Gasteiger partial charge in [-0.25, -0.2) is 9.59 Å². The zero-order valence-electron chi connectivity index (χ0n) is 18.2. The Balaban J connectivity index is 1.47. The van der Waals surface area contributed by atoms with Crippen molar-refractivity contribution in [1.29, 1.82) is 0 Å². The maximum atomic E-state index is 12.6. The maximum Gasteiger partial charge on any atom is 0.339 e. The summed E-state index contributed by atoms with van der Waals surface area (Å²) in [6.45, 7) is 0. The number of esters is 2. The SMILES string of the molecule is COC(=O)c1ccc(C(=O)OC)c(NC(=O)CSc2nnc(-c3cccc4ccccc34)o2)c1. The number of anilines is 1. The first-order valence-electron chi connectivity index (χ1n) is 10.0. The van der Waals surface area contributed by atoms with Crippen molar-refractivity contribution in [2.24, 2.45) is 0 Å². The van der Waals surface area contributed by atoms with Gasteiger partial charge in [0.2, 0.25) is 11.8 Å². The highest BCUT2D eigenvalue weighted by atomic mass is 32.2. The summed E-state index contributed by atoms with van der Waals surface area (Å²) in [6.07, 6.45) is 0. The van der Waals surface area contributed by atoms with E-state index in [2.05, 4.69) is 15.5 Å². The summed E-state index contributed by atoms with van der Waals surface area (Å²) >= 11 is 1.04. The highest BCUT2D eigenvalue weighted by molar-refractivity contribution is 7.99. The Hall–Kier alpha value is -4.18. The van der Waals surface area contributed by atoms with Crippen LogP contribution >= 0.6 is 11.8 Å². The van der Waals surface area contributed by atoms with E-state index in [-0.39, 0.29) is 27.8 Å². The van der Waals surface area contributed by atoms with E-state index in [1.807, 2.05) is 42.5 Å². The van der Waals surface area contributed by atoms with Crippen molar-refractivity contribution in [2.45, 2.75) is 5.22 Å². The van der Waals surface area contributed by atoms with Gasteiger partial charge in [0.1, 0.15) is 0 Å². The number of rotatable bonds is 7. The Morgan fingerprint density at radius 2 is 1.71 bits per heavy atom. The molecule has 0 aliphatic heterocycles. The van der Waals surface area contributed by atoms with Crippen molar-refractivity contribution < 1.29 is 28.3 Å². The smallest absolute Gasteiger partial charge is 0.339 e. The molecule has 34 heavy (non-hydrogen) atoms. The van der Waals surface area contributed by atoms with E-state index < -0.39 is 17.8 Å². The van der Waals surface area contributed by atoms with E-state index in [0.29, 0.717) is 5.89 Å². The molecule has 9 nitrogen and oxygen atoms in total. The van der Waals surface area contributed by atoms with E-state index in [9.17, 15) is 14.4 Å². The number of thioether (sulfide) groups is 1. The average molecular weight is 477 g/mol. The Morgan fingerprint density at radius 3 is 2.50 bits per heavy atom. The number of amides is 1. The van der Waals surface area contributed by atoms with Crippen LogP contribution in [0.1, 0.15) is 20.7 Å². The second-order valence-electron chi connectivity index (χ2n) is 6.98. The van der Waals surface area contributed by atoms with Crippen LogP contribution in [-0.4, -0.2) is 48.0 Å². The number of nitrogens with one attached hydrogen (secondary N) is 1. The van der Waals surface area contributed by atoms with Gasteiger partial charge in [-0.3, -0.25) is 4.79 Å². The van der Waals surface area contributed by atoms with Crippen LogP contribution < -0.4 is 5.32 Å². The molecule has 0 radical (unpaired) electrons. The predicted molar refractivity (Wildman–Crippen MR) is 126 cm³/mol. The lowest BCUT2D eigenvalue weighted by molar-refractivity contribution is -0.113. The Morgan fingerprint density at radius 1 is 0.941 bits per heavy atom. The van der Waals surface area contributed by atoms with E-state index in [4.69, 9.17) is 13.9 Å². The quantitative estimate of drug-likeness (QED) is 0.308. The highest BCUT2D eigenvalue weighted by Gasteiger charge is 2.18. The molecule has 172 valence electrons. The Bertz CT molecular complexity index is 1380. The summed E-state index contributed by atoms with van der Waals surface area (Å²) in [5.41, 5.74) is 1.20. The third kappa shape index (κ3) is 4.91. The van der Waals surface area contributed by atoms with E-state index in [0.717, 1.165) is 28.1 Å². The zero-order chi connectivity index (χ0) is 24.1. The molecule has 10 heteroatoms. The number of hydrogen-bond acceptors (Lipinski definition) is 9. The number of fused-ring (bicyclic) bond motifs is 1. The van der Waals surface area contributed by atoms with E-state index in [1.165, 1.54) is 32.4 Å². The van der Waals surface area contributed by atoms with Gasteiger partial charge < -0.3 is 19.2 Å². The molecular formula is C24H19N3O6S. The van der Waals surface area contributed by atoms with Crippen molar-refractivity contribution >= 4 is 46.1 Å². The molecule has 0 spiro atoms. The number of methoxy groups -OCH3 is 2. The first kappa shape index (κ1) is 23.0. The van der Waals surface area contributed by atoms with Gasteiger partial charge in [-0.1, -0.05) is 48.2 Å². The molecule has 0 unspecified atom stereocenters. The van der Waals surface area contributed by atoms with E-state index in [1.54, 1.807) is 0 Å². The Kier molecular flexibility index (Phi) is 6.88. The minimum atomic E-state index is -0.656. The average Bonchev–Trinajstić information content (AvgIpc) is 3.35. The van der Waals surface area contributed by atoms with Gasteiger partial charge in [-0.2, -0.15) is 0 Å². The minimum absolute atomic E-state index is 0.0692. The van der Waals surface area contributed by atoms with Crippen LogP contribution in [0.2, 0.25) is 0 Å². The summed E-state index contributed by atoms with van der Waals surface area (Å²) in [5, 5.41) is 13.0. The topological polar surface area (TPSA) is 121 Å². The summed E-state index contributed by atoms with van der Waals surface area (Å²) in [4.78, 5) is 36.4. The molecule has 1 N–H and O–H groups in total. The van der Waals surface area contributed by atoms with Crippen LogP contribution in [-0.2, 0) is 14.3 Å². The standard InChI is InChI=1S/C24H19N3O6S/c1-31-22(29)15-10-11-18(23(30)32-2)19(12-15)25-20(28)13-34-24-27-26-21(33-24)17-9-5-7-14-6-3-4-8-16(14)17/h3-12H,13H2,1-2H3,(H,25,28). The maximum absolute atomic E-state index is 12.6. The highest BCUT2D eigenvalue weighted by Crippen LogP contribution is 2.29. The van der Waals surface area contributed by atoms with Crippen LogP contribution in [0.15, 0.2) is 70.3 Å². The molecule has 1 amide bonds. The number of ether oxygens (including phenoxy) is 2. The number of benzene rings is 3. The van der Waals surface area contributed by atoms with Gasteiger partial charge in [0.05, 0.1) is 36.8 Å². The number of aromatic nitrogens is 2. The molecule has 4 rings (SSSR count). The molecule has 1 aromatic heterocycles. The van der Waals surface area contributed by atoms with Crippen LogP contribution in [0.5, 0.6) is 0 Å².